The van der Waals surface area contributed by atoms with Gasteiger partial charge in [-0.3, -0.25) is 0 Å². The van der Waals surface area contributed by atoms with Gasteiger partial charge in [0.2, 0.25) is 6.33 Å². The Hall–Kier alpha value is -0.790. The third-order valence-corrected chi connectivity index (χ3v) is 5.13. The van der Waals surface area contributed by atoms with Crippen LogP contribution in [-0.4, -0.2) is 4.57 Å². The lowest BCUT2D eigenvalue weighted by Crippen LogP contribution is -2.30. The summed E-state index contributed by atoms with van der Waals surface area (Å²) >= 11 is 0. The maximum atomic E-state index is 2.33. The summed E-state index contributed by atoms with van der Waals surface area (Å²) in [4.78, 5) is 0. The molecule has 0 radical (unpaired) electrons. The van der Waals surface area contributed by atoms with Crippen molar-refractivity contribution in [3.05, 3.63) is 18.7 Å². The van der Waals surface area contributed by atoms with Gasteiger partial charge in [-0.15, -0.1) is 0 Å². The van der Waals surface area contributed by atoms with Crippen molar-refractivity contribution < 1.29 is 4.57 Å². The van der Waals surface area contributed by atoms with E-state index in [0.29, 0.717) is 0 Å². The highest BCUT2D eigenvalue weighted by Gasteiger charge is 2.01. The molecule has 2 nitrogen and oxygen atoms in total. The quantitative estimate of drug-likeness (QED) is 0.222. The summed E-state index contributed by atoms with van der Waals surface area (Å²) in [5, 5.41) is 0. The number of rotatable bonds is 17. The molecule has 1 aromatic heterocycles. The van der Waals surface area contributed by atoms with Gasteiger partial charge in [-0.1, -0.05) is 90.4 Å². The maximum Gasteiger partial charge on any atom is 0.243 e. The highest BCUT2D eigenvalue weighted by molar-refractivity contribution is 4.64. The molecule has 0 amide bonds. The zero-order valence-electron chi connectivity index (χ0n) is 16.6. The molecule has 0 aliphatic heterocycles. The van der Waals surface area contributed by atoms with Crippen LogP contribution >= 0.6 is 0 Å². The standard InChI is InChI=1S/C22H43N2/c1-3-5-6-7-8-9-10-11-12-13-14-15-16-17-18-19-24-21-20-23(4-2)22-24/h20-22H,3-19H2,1-2H3/q+1. The van der Waals surface area contributed by atoms with Gasteiger partial charge in [0.15, 0.2) is 0 Å². The minimum atomic E-state index is 1.08. The van der Waals surface area contributed by atoms with Crippen molar-refractivity contribution >= 4 is 0 Å². The van der Waals surface area contributed by atoms with Gasteiger partial charge < -0.3 is 0 Å². The predicted molar refractivity (Wildman–Crippen MR) is 105 cm³/mol. The van der Waals surface area contributed by atoms with Crippen LogP contribution in [0.1, 0.15) is 110 Å². The summed E-state index contributed by atoms with van der Waals surface area (Å²) < 4.78 is 4.57. The number of hydrogen-bond acceptors (Lipinski definition) is 0. The highest BCUT2D eigenvalue weighted by Crippen LogP contribution is 2.13. The van der Waals surface area contributed by atoms with Crippen molar-refractivity contribution in [2.24, 2.45) is 0 Å². The number of aromatic nitrogens is 2. The molecule has 0 aromatic carbocycles. The van der Waals surface area contributed by atoms with Crippen LogP contribution in [0.25, 0.3) is 0 Å². The number of hydrogen-bond donors (Lipinski definition) is 0. The second-order valence-corrected chi connectivity index (χ2v) is 7.43. The average Bonchev–Trinajstić information content (AvgIpc) is 3.06. The molecule has 0 unspecified atom stereocenters. The van der Waals surface area contributed by atoms with Crippen molar-refractivity contribution in [3.8, 4) is 0 Å². The fraction of sp³-hybridized carbons (Fsp3) is 0.864. The first-order valence-electron chi connectivity index (χ1n) is 10.9. The zero-order valence-corrected chi connectivity index (χ0v) is 16.6. The van der Waals surface area contributed by atoms with Crippen molar-refractivity contribution in [2.45, 2.75) is 123 Å². The normalized spacial score (nSPS) is 11.2. The summed E-state index contributed by atoms with van der Waals surface area (Å²) in [5.41, 5.74) is 0. The van der Waals surface area contributed by atoms with Gasteiger partial charge in [0.1, 0.15) is 12.4 Å². The van der Waals surface area contributed by atoms with Gasteiger partial charge in [0.05, 0.1) is 13.1 Å². The minimum absolute atomic E-state index is 1.08. The van der Waals surface area contributed by atoms with Gasteiger partial charge in [-0.05, 0) is 19.8 Å². The molecule has 0 N–H and O–H groups in total. The molecule has 0 bridgehead atoms. The van der Waals surface area contributed by atoms with Gasteiger partial charge in [0, 0.05) is 0 Å². The molecule has 1 heterocycles. The number of nitrogens with zero attached hydrogens (tertiary/aromatic N) is 2. The Morgan fingerprint density at radius 2 is 1.08 bits per heavy atom. The van der Waals surface area contributed by atoms with E-state index in [1.807, 2.05) is 0 Å². The van der Waals surface area contributed by atoms with Crippen LogP contribution in [0.4, 0.5) is 0 Å². The molecule has 0 fully saturated rings. The predicted octanol–water partition coefficient (Wildman–Crippen LogP) is 6.67. The molecule has 0 spiro atoms. The van der Waals surface area contributed by atoms with Crippen LogP contribution in [0.3, 0.4) is 0 Å². The molecule has 1 aromatic rings. The van der Waals surface area contributed by atoms with Crippen LogP contribution in [0.15, 0.2) is 18.7 Å². The van der Waals surface area contributed by atoms with Crippen LogP contribution in [0.5, 0.6) is 0 Å². The molecular formula is C22H43N2+. The first kappa shape index (κ1) is 21.3. The van der Waals surface area contributed by atoms with E-state index >= 15 is 0 Å². The van der Waals surface area contributed by atoms with Gasteiger partial charge in [-0.2, -0.15) is 0 Å². The Kier molecular flexibility index (Phi) is 13.9. The average molecular weight is 336 g/mol. The number of imidazole rings is 1. The van der Waals surface area contributed by atoms with Crippen molar-refractivity contribution in [1.29, 1.82) is 0 Å². The largest absolute Gasteiger partial charge is 0.243 e. The molecular weight excluding hydrogens is 292 g/mol. The first-order valence-corrected chi connectivity index (χ1v) is 10.9. The minimum Gasteiger partial charge on any atom is -0.237 e. The van der Waals surface area contributed by atoms with Crippen LogP contribution in [0, 0.1) is 0 Å². The summed E-state index contributed by atoms with van der Waals surface area (Å²) in [5.74, 6) is 0. The van der Waals surface area contributed by atoms with E-state index in [9.17, 15) is 0 Å². The monoisotopic (exact) mass is 335 g/mol. The van der Waals surface area contributed by atoms with E-state index in [1.54, 1.807) is 0 Å². The third kappa shape index (κ3) is 11.7. The summed E-state index contributed by atoms with van der Waals surface area (Å²) in [7, 11) is 0. The Balaban J connectivity index is 1.74. The molecule has 140 valence electrons. The zero-order chi connectivity index (χ0) is 17.3. The highest BCUT2D eigenvalue weighted by atomic mass is 15.1. The lowest BCUT2D eigenvalue weighted by atomic mass is 10.0. The van der Waals surface area contributed by atoms with Gasteiger partial charge in [-0.25, -0.2) is 9.13 Å². The second kappa shape index (κ2) is 15.7. The van der Waals surface area contributed by atoms with E-state index < -0.39 is 0 Å². The third-order valence-electron chi connectivity index (χ3n) is 5.13. The molecule has 0 saturated heterocycles. The molecule has 24 heavy (non-hydrogen) atoms. The summed E-state index contributed by atoms with van der Waals surface area (Å²) in [6.07, 6.45) is 28.2. The number of unbranched alkanes of at least 4 members (excludes halogenated alkanes) is 14. The Labute approximate surface area is 151 Å². The smallest absolute Gasteiger partial charge is 0.237 e. The van der Waals surface area contributed by atoms with Crippen LogP contribution in [-0.2, 0) is 13.1 Å². The van der Waals surface area contributed by atoms with E-state index in [-0.39, 0.29) is 0 Å². The lowest BCUT2D eigenvalue weighted by Gasteiger charge is -2.03. The van der Waals surface area contributed by atoms with Crippen molar-refractivity contribution in [2.75, 3.05) is 0 Å². The first-order chi connectivity index (χ1) is 11.9. The maximum absolute atomic E-state index is 2.33. The summed E-state index contributed by atoms with van der Waals surface area (Å²) in [6, 6.07) is 0. The number of aryl methyl sites for hydroxylation is 2. The SMILES string of the molecule is CCCCCCCCCCCCCCCCC[n+]1ccn(CC)c1. The van der Waals surface area contributed by atoms with Crippen molar-refractivity contribution in [1.82, 2.24) is 4.57 Å². The van der Waals surface area contributed by atoms with Crippen molar-refractivity contribution in [3.63, 3.8) is 0 Å². The topological polar surface area (TPSA) is 8.81 Å². The van der Waals surface area contributed by atoms with Crippen LogP contribution < -0.4 is 4.57 Å². The van der Waals surface area contributed by atoms with E-state index in [1.165, 1.54) is 103 Å². The summed E-state index contributed by atoms with van der Waals surface area (Å²) in [6.45, 7) is 6.75. The van der Waals surface area contributed by atoms with E-state index in [4.69, 9.17) is 0 Å². The van der Waals surface area contributed by atoms with E-state index in [0.717, 1.165) is 6.54 Å². The molecule has 0 atom stereocenters. The van der Waals surface area contributed by atoms with E-state index in [2.05, 4.69) is 41.7 Å². The van der Waals surface area contributed by atoms with Crippen LogP contribution in [0.2, 0.25) is 0 Å². The Morgan fingerprint density at radius 1 is 0.625 bits per heavy atom. The molecule has 0 aliphatic carbocycles. The van der Waals surface area contributed by atoms with Gasteiger partial charge in [0.25, 0.3) is 0 Å². The second-order valence-electron chi connectivity index (χ2n) is 7.43. The molecule has 0 aliphatic rings. The van der Waals surface area contributed by atoms with Gasteiger partial charge >= 0.3 is 0 Å². The fourth-order valence-corrected chi connectivity index (χ4v) is 3.42. The molecule has 2 heteroatoms. The fourth-order valence-electron chi connectivity index (χ4n) is 3.42. The molecule has 0 saturated carbocycles. The molecule has 1 rings (SSSR count). The Bertz CT molecular complexity index is 370. The lowest BCUT2D eigenvalue weighted by molar-refractivity contribution is -0.696. The Morgan fingerprint density at radius 3 is 1.50 bits per heavy atom.